The van der Waals surface area contributed by atoms with Crippen LogP contribution in [0.1, 0.15) is 19.8 Å². The van der Waals surface area contributed by atoms with Crippen LogP contribution in [0.2, 0.25) is 0 Å². The van der Waals surface area contributed by atoms with Gasteiger partial charge in [-0.25, -0.2) is 0 Å². The summed E-state index contributed by atoms with van der Waals surface area (Å²) in [5, 5.41) is 12.4. The molecule has 0 radical (unpaired) electrons. The van der Waals surface area contributed by atoms with E-state index in [0.29, 0.717) is 11.3 Å². The highest BCUT2D eigenvalue weighted by Gasteiger charge is 2.27. The minimum absolute atomic E-state index is 0.452. The van der Waals surface area contributed by atoms with Crippen molar-refractivity contribution >= 4 is 34.9 Å². The van der Waals surface area contributed by atoms with Crippen molar-refractivity contribution in [1.29, 1.82) is 0 Å². The predicted molar refractivity (Wildman–Crippen MR) is 78.9 cm³/mol. The fraction of sp³-hybridized carbons (Fsp3) is 0.818. The van der Waals surface area contributed by atoms with E-state index in [1.807, 2.05) is 6.26 Å². The average molecular weight is 305 g/mol. The van der Waals surface area contributed by atoms with Crippen LogP contribution in [0.5, 0.6) is 0 Å². The Kier molecular flexibility index (Phi) is 6.23. The highest BCUT2D eigenvalue weighted by atomic mass is 32.2. The minimum Gasteiger partial charge on any atom is -0.380 e. The van der Waals surface area contributed by atoms with Gasteiger partial charge >= 0.3 is 0 Å². The van der Waals surface area contributed by atoms with E-state index >= 15 is 0 Å². The smallest absolute Gasteiger partial charge is 0.175 e. The minimum atomic E-state index is 0.452. The second kappa shape index (κ2) is 7.69. The van der Waals surface area contributed by atoms with Gasteiger partial charge in [-0.2, -0.15) is 0 Å². The van der Waals surface area contributed by atoms with Crippen LogP contribution in [0.15, 0.2) is 8.68 Å². The topological polar surface area (TPSA) is 47.0 Å². The maximum absolute atomic E-state index is 5.59. The van der Waals surface area contributed by atoms with E-state index in [4.69, 9.17) is 4.74 Å². The van der Waals surface area contributed by atoms with E-state index < -0.39 is 0 Å². The lowest BCUT2D eigenvalue weighted by Crippen LogP contribution is -2.45. The van der Waals surface area contributed by atoms with Crippen molar-refractivity contribution in [2.75, 3.05) is 26.0 Å². The molecule has 18 heavy (non-hydrogen) atoms. The first-order valence-corrected chi connectivity index (χ1v) is 9.11. The molecule has 2 atom stereocenters. The number of hydrogen-bond donors (Lipinski definition) is 1. The van der Waals surface area contributed by atoms with Crippen LogP contribution in [0, 0.1) is 0 Å². The van der Waals surface area contributed by atoms with Crippen LogP contribution in [0.3, 0.4) is 0 Å². The first kappa shape index (κ1) is 14.6. The average Bonchev–Trinajstić information content (AvgIpc) is 2.85. The third-order valence-electron chi connectivity index (χ3n) is 2.78. The summed E-state index contributed by atoms with van der Waals surface area (Å²) in [6.07, 6.45) is 4.29. The van der Waals surface area contributed by atoms with Gasteiger partial charge in [-0.1, -0.05) is 41.8 Å². The Labute approximate surface area is 121 Å². The van der Waals surface area contributed by atoms with E-state index in [2.05, 4.69) is 22.4 Å². The fourth-order valence-electron chi connectivity index (χ4n) is 1.85. The van der Waals surface area contributed by atoms with E-state index in [-0.39, 0.29) is 0 Å². The normalized spacial score (nSPS) is 24.3. The number of nitrogens with zero attached hydrogens (tertiary/aromatic N) is 2. The molecule has 1 fully saturated rings. The molecule has 0 aromatic carbocycles. The number of ether oxygens (including phenoxy) is 1. The highest BCUT2D eigenvalue weighted by molar-refractivity contribution is 8.03. The van der Waals surface area contributed by atoms with Gasteiger partial charge in [-0.05, 0) is 25.6 Å². The Morgan fingerprint density at radius 1 is 1.44 bits per heavy atom. The zero-order chi connectivity index (χ0) is 12.8. The molecular formula is C11H19N3OS3. The molecule has 0 amide bonds. The molecule has 2 rings (SSSR count). The molecule has 4 nitrogen and oxygen atoms in total. The van der Waals surface area contributed by atoms with Gasteiger partial charge in [-0.3, -0.25) is 0 Å². The number of nitrogens with one attached hydrogen (secondary N) is 1. The van der Waals surface area contributed by atoms with Gasteiger partial charge in [0.25, 0.3) is 0 Å². The highest BCUT2D eigenvalue weighted by Crippen LogP contribution is 2.33. The Morgan fingerprint density at radius 2 is 2.28 bits per heavy atom. The van der Waals surface area contributed by atoms with Crippen molar-refractivity contribution in [3.8, 4) is 0 Å². The molecule has 1 aromatic rings. The van der Waals surface area contributed by atoms with Crippen molar-refractivity contribution < 1.29 is 4.74 Å². The quantitative estimate of drug-likeness (QED) is 0.815. The molecule has 1 aliphatic heterocycles. The monoisotopic (exact) mass is 305 g/mol. The molecule has 0 aliphatic carbocycles. The standard InChI is InChI=1S/C11H19N3OS3/c1-3-5-12-8-4-6-15-7-9(8)17-11-14-13-10(16-2)18-11/h8-9,12H,3-7H2,1-2H3. The second-order valence-electron chi connectivity index (χ2n) is 4.12. The van der Waals surface area contributed by atoms with Crippen LogP contribution in [-0.2, 0) is 4.74 Å². The van der Waals surface area contributed by atoms with Crippen LogP contribution in [-0.4, -0.2) is 47.5 Å². The van der Waals surface area contributed by atoms with Gasteiger partial charge in [0.1, 0.15) is 0 Å². The Morgan fingerprint density at radius 3 is 3.00 bits per heavy atom. The molecule has 102 valence electrons. The van der Waals surface area contributed by atoms with Gasteiger partial charge in [0.05, 0.1) is 11.9 Å². The van der Waals surface area contributed by atoms with Crippen LogP contribution in [0.25, 0.3) is 0 Å². The Balaban J connectivity index is 1.91. The summed E-state index contributed by atoms with van der Waals surface area (Å²) in [5.41, 5.74) is 0. The van der Waals surface area contributed by atoms with Crippen LogP contribution in [0.4, 0.5) is 0 Å². The van der Waals surface area contributed by atoms with E-state index in [1.165, 1.54) is 6.42 Å². The summed E-state index contributed by atoms with van der Waals surface area (Å²) < 4.78 is 7.68. The summed E-state index contributed by atoms with van der Waals surface area (Å²) in [4.78, 5) is 0. The first-order valence-electron chi connectivity index (χ1n) is 6.18. The van der Waals surface area contributed by atoms with Gasteiger partial charge in [0, 0.05) is 12.6 Å². The van der Waals surface area contributed by atoms with Crippen molar-refractivity contribution in [3.63, 3.8) is 0 Å². The molecule has 0 spiro atoms. The van der Waals surface area contributed by atoms with E-state index in [1.54, 1.807) is 34.9 Å². The van der Waals surface area contributed by atoms with Crippen molar-refractivity contribution in [1.82, 2.24) is 15.5 Å². The Bertz CT molecular complexity index is 361. The fourth-order valence-corrected chi connectivity index (χ4v) is 4.72. The molecular weight excluding hydrogens is 286 g/mol. The van der Waals surface area contributed by atoms with Crippen molar-refractivity contribution in [2.45, 2.75) is 39.7 Å². The summed E-state index contributed by atoms with van der Waals surface area (Å²) in [6.45, 7) is 4.95. The SMILES string of the molecule is CCCNC1CCOCC1Sc1nnc(SC)s1. The third kappa shape index (κ3) is 4.09. The van der Waals surface area contributed by atoms with Crippen LogP contribution < -0.4 is 5.32 Å². The molecule has 2 unspecified atom stereocenters. The maximum atomic E-state index is 5.59. The number of aromatic nitrogens is 2. The number of thioether (sulfide) groups is 2. The van der Waals surface area contributed by atoms with E-state index in [0.717, 1.165) is 34.9 Å². The molecule has 7 heteroatoms. The van der Waals surface area contributed by atoms with Gasteiger partial charge in [0.15, 0.2) is 8.68 Å². The molecule has 0 saturated carbocycles. The second-order valence-corrected chi connectivity index (χ2v) is 7.64. The Hall–Kier alpha value is 0.180. The van der Waals surface area contributed by atoms with Gasteiger partial charge < -0.3 is 10.1 Å². The zero-order valence-corrected chi connectivity index (χ0v) is 13.2. The van der Waals surface area contributed by atoms with Gasteiger partial charge in [0.2, 0.25) is 0 Å². The summed E-state index contributed by atoms with van der Waals surface area (Å²) >= 11 is 5.13. The van der Waals surface area contributed by atoms with Crippen molar-refractivity contribution in [2.24, 2.45) is 0 Å². The largest absolute Gasteiger partial charge is 0.380 e. The predicted octanol–water partition coefficient (Wildman–Crippen LogP) is 2.51. The summed E-state index contributed by atoms with van der Waals surface area (Å²) in [7, 11) is 0. The number of rotatable bonds is 6. The molecule has 2 heterocycles. The number of hydrogen-bond acceptors (Lipinski definition) is 7. The molecule has 1 saturated heterocycles. The van der Waals surface area contributed by atoms with E-state index in [9.17, 15) is 0 Å². The summed E-state index contributed by atoms with van der Waals surface area (Å²) in [6, 6.07) is 0.533. The molecule has 1 aromatic heterocycles. The lowest BCUT2D eigenvalue weighted by atomic mass is 10.1. The lowest BCUT2D eigenvalue weighted by molar-refractivity contribution is 0.0833. The molecule has 0 bridgehead atoms. The lowest BCUT2D eigenvalue weighted by Gasteiger charge is -2.31. The summed E-state index contributed by atoms with van der Waals surface area (Å²) in [5.74, 6) is 0. The van der Waals surface area contributed by atoms with Crippen molar-refractivity contribution in [3.05, 3.63) is 0 Å². The molecule has 1 N–H and O–H groups in total. The maximum Gasteiger partial charge on any atom is 0.175 e. The third-order valence-corrected chi connectivity index (χ3v) is 6.06. The molecule has 1 aliphatic rings. The van der Waals surface area contributed by atoms with Gasteiger partial charge in [-0.15, -0.1) is 10.2 Å². The van der Waals surface area contributed by atoms with Crippen LogP contribution >= 0.6 is 34.9 Å². The first-order chi connectivity index (χ1) is 8.83. The zero-order valence-electron chi connectivity index (χ0n) is 10.7.